The molecule has 1 atom stereocenters. The van der Waals surface area contributed by atoms with E-state index in [9.17, 15) is 9.59 Å². The Morgan fingerprint density at radius 3 is 2.59 bits per heavy atom. The van der Waals surface area contributed by atoms with Crippen LogP contribution in [0.5, 0.6) is 0 Å². The molecule has 0 saturated heterocycles. The minimum atomic E-state index is -0.472. The standard InChI is InChI=1S/C15H15ClN4O2/c1-10(21)19-13(11-4-2-5-12(16)8-11)9-14(22)20-15-17-6-3-7-18-15/h2-8,13H,9H2,1H3,(H,19,21)(H,17,18,20,22). The molecule has 7 heteroatoms. The first-order chi connectivity index (χ1) is 10.5. The molecule has 0 bridgehead atoms. The fourth-order valence-electron chi connectivity index (χ4n) is 1.95. The van der Waals surface area contributed by atoms with Crippen molar-refractivity contribution in [2.24, 2.45) is 0 Å². The molecule has 0 spiro atoms. The molecule has 1 aromatic heterocycles. The van der Waals surface area contributed by atoms with E-state index in [1.165, 1.54) is 19.3 Å². The van der Waals surface area contributed by atoms with Gasteiger partial charge in [0.1, 0.15) is 0 Å². The summed E-state index contributed by atoms with van der Waals surface area (Å²) < 4.78 is 0. The number of aromatic nitrogens is 2. The number of anilines is 1. The molecule has 2 amide bonds. The largest absolute Gasteiger partial charge is 0.349 e. The van der Waals surface area contributed by atoms with Gasteiger partial charge >= 0.3 is 0 Å². The summed E-state index contributed by atoms with van der Waals surface area (Å²) in [5.41, 5.74) is 0.756. The van der Waals surface area contributed by atoms with Crippen LogP contribution in [-0.4, -0.2) is 21.8 Å². The van der Waals surface area contributed by atoms with Gasteiger partial charge in [-0.1, -0.05) is 23.7 Å². The summed E-state index contributed by atoms with van der Waals surface area (Å²) >= 11 is 5.96. The molecule has 6 nitrogen and oxygen atoms in total. The van der Waals surface area contributed by atoms with Crippen molar-refractivity contribution in [2.45, 2.75) is 19.4 Å². The lowest BCUT2D eigenvalue weighted by molar-refractivity contribution is -0.120. The fourth-order valence-corrected chi connectivity index (χ4v) is 2.14. The molecule has 0 saturated carbocycles. The topological polar surface area (TPSA) is 84.0 Å². The molecule has 2 N–H and O–H groups in total. The third-order valence-corrected chi connectivity index (χ3v) is 3.07. The predicted octanol–water partition coefficient (Wildman–Crippen LogP) is 2.34. The van der Waals surface area contributed by atoms with Gasteiger partial charge < -0.3 is 5.32 Å². The van der Waals surface area contributed by atoms with Crippen molar-refractivity contribution in [1.29, 1.82) is 0 Å². The van der Waals surface area contributed by atoms with E-state index in [4.69, 9.17) is 11.6 Å². The quantitative estimate of drug-likeness (QED) is 0.886. The Morgan fingerprint density at radius 1 is 1.23 bits per heavy atom. The smallest absolute Gasteiger partial charge is 0.229 e. The second-order valence-electron chi connectivity index (χ2n) is 4.63. The molecule has 0 aliphatic rings. The number of benzene rings is 1. The maximum atomic E-state index is 12.1. The summed E-state index contributed by atoms with van der Waals surface area (Å²) in [5, 5.41) is 5.87. The second kappa shape index (κ2) is 7.51. The summed E-state index contributed by atoms with van der Waals surface area (Å²) in [7, 11) is 0. The molecule has 1 aromatic carbocycles. The molecule has 2 aromatic rings. The van der Waals surface area contributed by atoms with E-state index < -0.39 is 6.04 Å². The molecule has 0 radical (unpaired) electrons. The lowest BCUT2D eigenvalue weighted by Crippen LogP contribution is -2.30. The number of carbonyl (C=O) groups excluding carboxylic acids is 2. The van der Waals surface area contributed by atoms with E-state index >= 15 is 0 Å². The van der Waals surface area contributed by atoms with Crippen molar-refractivity contribution in [3.8, 4) is 0 Å². The molecule has 1 heterocycles. The number of nitrogens with one attached hydrogen (secondary N) is 2. The zero-order valence-corrected chi connectivity index (χ0v) is 12.7. The number of carbonyl (C=O) groups is 2. The van der Waals surface area contributed by atoms with Crippen LogP contribution >= 0.6 is 11.6 Å². The van der Waals surface area contributed by atoms with Crippen LogP contribution in [0.4, 0.5) is 5.95 Å². The minimum absolute atomic E-state index is 0.0537. The van der Waals surface area contributed by atoms with E-state index in [0.717, 1.165) is 5.56 Å². The highest BCUT2D eigenvalue weighted by Crippen LogP contribution is 2.21. The Kier molecular flexibility index (Phi) is 5.43. The molecular weight excluding hydrogens is 304 g/mol. The number of halogens is 1. The number of nitrogens with zero attached hydrogens (tertiary/aromatic N) is 2. The van der Waals surface area contributed by atoms with Crippen LogP contribution in [0.3, 0.4) is 0 Å². The lowest BCUT2D eigenvalue weighted by Gasteiger charge is -2.18. The number of rotatable bonds is 5. The van der Waals surface area contributed by atoms with Gasteiger partial charge in [-0.2, -0.15) is 0 Å². The number of hydrogen-bond acceptors (Lipinski definition) is 4. The third-order valence-electron chi connectivity index (χ3n) is 2.84. The monoisotopic (exact) mass is 318 g/mol. The average molecular weight is 319 g/mol. The van der Waals surface area contributed by atoms with Crippen LogP contribution in [0.1, 0.15) is 24.9 Å². The van der Waals surface area contributed by atoms with Gasteiger partial charge in [0.05, 0.1) is 12.5 Å². The highest BCUT2D eigenvalue weighted by molar-refractivity contribution is 6.30. The molecule has 22 heavy (non-hydrogen) atoms. The van der Waals surface area contributed by atoms with Gasteiger partial charge in [-0.25, -0.2) is 9.97 Å². The summed E-state index contributed by atoms with van der Waals surface area (Å²) in [4.78, 5) is 31.3. The van der Waals surface area contributed by atoms with Gasteiger partial charge in [0.15, 0.2) is 0 Å². The molecule has 0 fully saturated rings. The van der Waals surface area contributed by atoms with Crippen LogP contribution in [0.25, 0.3) is 0 Å². The first-order valence-corrected chi connectivity index (χ1v) is 7.02. The van der Waals surface area contributed by atoms with Crippen LogP contribution in [0.15, 0.2) is 42.7 Å². The lowest BCUT2D eigenvalue weighted by atomic mass is 10.0. The normalized spacial score (nSPS) is 11.5. The van der Waals surface area contributed by atoms with Gasteiger partial charge in [-0.15, -0.1) is 0 Å². The van der Waals surface area contributed by atoms with Crippen molar-refractivity contribution >= 4 is 29.4 Å². The Bertz CT molecular complexity index is 664. The highest BCUT2D eigenvalue weighted by Gasteiger charge is 2.18. The van der Waals surface area contributed by atoms with Gasteiger partial charge in [0, 0.05) is 24.3 Å². The maximum Gasteiger partial charge on any atom is 0.229 e. The molecule has 0 aliphatic carbocycles. The minimum Gasteiger partial charge on any atom is -0.349 e. The van der Waals surface area contributed by atoms with E-state index in [2.05, 4.69) is 20.6 Å². The number of hydrogen-bond donors (Lipinski definition) is 2. The van der Waals surface area contributed by atoms with E-state index in [0.29, 0.717) is 5.02 Å². The maximum absolute atomic E-state index is 12.1. The van der Waals surface area contributed by atoms with Gasteiger partial charge in [0.2, 0.25) is 17.8 Å². The first kappa shape index (κ1) is 15.9. The summed E-state index contributed by atoms with van der Waals surface area (Å²) in [6, 6.07) is 8.20. The van der Waals surface area contributed by atoms with Gasteiger partial charge in [-0.05, 0) is 23.8 Å². The summed E-state index contributed by atoms with van der Waals surface area (Å²) in [6.07, 6.45) is 3.12. The average Bonchev–Trinajstić information content (AvgIpc) is 2.47. The second-order valence-corrected chi connectivity index (χ2v) is 5.07. The predicted molar refractivity (Wildman–Crippen MR) is 83.3 cm³/mol. The molecule has 1 unspecified atom stereocenters. The van der Waals surface area contributed by atoms with Crippen molar-refractivity contribution in [1.82, 2.24) is 15.3 Å². The molecule has 0 aliphatic heterocycles. The highest BCUT2D eigenvalue weighted by atomic mass is 35.5. The summed E-state index contributed by atoms with van der Waals surface area (Å²) in [5.74, 6) is -0.307. The number of amides is 2. The Labute approximate surface area is 132 Å². The van der Waals surface area contributed by atoms with E-state index in [1.807, 2.05) is 0 Å². The zero-order chi connectivity index (χ0) is 15.9. The van der Waals surface area contributed by atoms with Crippen LogP contribution in [0.2, 0.25) is 5.02 Å². The van der Waals surface area contributed by atoms with E-state index in [-0.39, 0.29) is 24.2 Å². The van der Waals surface area contributed by atoms with Crippen molar-refractivity contribution in [3.63, 3.8) is 0 Å². The van der Waals surface area contributed by atoms with Gasteiger partial charge in [0.25, 0.3) is 0 Å². The van der Waals surface area contributed by atoms with Crippen molar-refractivity contribution in [2.75, 3.05) is 5.32 Å². The van der Waals surface area contributed by atoms with Crippen LogP contribution < -0.4 is 10.6 Å². The van der Waals surface area contributed by atoms with E-state index in [1.54, 1.807) is 30.3 Å². The summed E-state index contributed by atoms with van der Waals surface area (Å²) in [6.45, 7) is 1.40. The fraction of sp³-hybridized carbons (Fsp3) is 0.200. The Morgan fingerprint density at radius 2 is 1.95 bits per heavy atom. The third kappa shape index (κ3) is 4.82. The first-order valence-electron chi connectivity index (χ1n) is 6.64. The Balaban J connectivity index is 2.09. The molecular formula is C15H15ClN4O2. The zero-order valence-electron chi connectivity index (χ0n) is 11.9. The van der Waals surface area contributed by atoms with Crippen LogP contribution in [-0.2, 0) is 9.59 Å². The van der Waals surface area contributed by atoms with Gasteiger partial charge in [-0.3, -0.25) is 14.9 Å². The van der Waals surface area contributed by atoms with Crippen LogP contribution in [0, 0.1) is 0 Å². The molecule has 114 valence electrons. The van der Waals surface area contributed by atoms with Crippen molar-refractivity contribution < 1.29 is 9.59 Å². The van der Waals surface area contributed by atoms with Crippen molar-refractivity contribution in [3.05, 3.63) is 53.3 Å². The molecule has 2 rings (SSSR count). The SMILES string of the molecule is CC(=O)NC(CC(=O)Nc1ncccn1)c1cccc(Cl)c1. The Hall–Kier alpha value is -2.47.